The molecule has 0 aliphatic carbocycles. The summed E-state index contributed by atoms with van der Waals surface area (Å²) in [6.07, 6.45) is 0. The van der Waals surface area contributed by atoms with Crippen LogP contribution in [-0.4, -0.2) is 6.04 Å². The fourth-order valence-corrected chi connectivity index (χ4v) is 2.88. The molecule has 0 unspecified atom stereocenters. The molecule has 2 rings (SSSR count). The quantitative estimate of drug-likeness (QED) is 0.742. The van der Waals surface area contributed by atoms with Crippen molar-refractivity contribution >= 4 is 23.4 Å². The molecule has 0 radical (unpaired) electrons. The molecule has 0 aromatic heterocycles. The van der Waals surface area contributed by atoms with E-state index in [1.54, 1.807) is 0 Å². The van der Waals surface area contributed by atoms with E-state index in [1.165, 1.54) is 16.0 Å². The van der Waals surface area contributed by atoms with Crippen LogP contribution in [0.1, 0.15) is 25.0 Å². The molecule has 20 heavy (non-hydrogen) atoms. The molecule has 0 atom stereocenters. The summed E-state index contributed by atoms with van der Waals surface area (Å²) in [5.74, 6) is 0.970. The maximum absolute atomic E-state index is 5.90. The number of thioether (sulfide) groups is 1. The topological polar surface area (TPSA) is 12.0 Å². The second kappa shape index (κ2) is 7.72. The van der Waals surface area contributed by atoms with Gasteiger partial charge in [-0.05, 0) is 35.4 Å². The lowest BCUT2D eigenvalue weighted by molar-refractivity contribution is 0.588. The van der Waals surface area contributed by atoms with Gasteiger partial charge in [0, 0.05) is 28.3 Å². The van der Waals surface area contributed by atoms with Crippen molar-refractivity contribution in [3.05, 3.63) is 64.7 Å². The number of rotatable bonds is 6. The van der Waals surface area contributed by atoms with Gasteiger partial charge in [-0.2, -0.15) is 0 Å². The van der Waals surface area contributed by atoms with Crippen molar-refractivity contribution in [1.82, 2.24) is 5.32 Å². The molecule has 0 heterocycles. The molecule has 0 saturated heterocycles. The van der Waals surface area contributed by atoms with Gasteiger partial charge < -0.3 is 5.32 Å². The predicted molar refractivity (Wildman–Crippen MR) is 89.4 cm³/mol. The van der Waals surface area contributed by atoms with Crippen molar-refractivity contribution in [3.63, 3.8) is 0 Å². The minimum Gasteiger partial charge on any atom is -0.310 e. The standard InChI is InChI=1S/C17H20ClNS/c1-13(2)19-11-15-4-3-5-17(10-15)20-12-14-6-8-16(18)9-7-14/h3-10,13,19H,11-12H2,1-2H3. The minimum atomic E-state index is 0.514. The number of benzene rings is 2. The van der Waals surface area contributed by atoms with Gasteiger partial charge in [-0.3, -0.25) is 0 Å². The fourth-order valence-electron chi connectivity index (χ4n) is 1.81. The Kier molecular flexibility index (Phi) is 5.96. The number of hydrogen-bond acceptors (Lipinski definition) is 2. The molecule has 0 fully saturated rings. The van der Waals surface area contributed by atoms with Gasteiger partial charge in [0.05, 0.1) is 0 Å². The highest BCUT2D eigenvalue weighted by Gasteiger charge is 2.00. The summed E-state index contributed by atoms with van der Waals surface area (Å²) in [5.41, 5.74) is 2.63. The van der Waals surface area contributed by atoms with Crippen molar-refractivity contribution in [3.8, 4) is 0 Å². The summed E-state index contributed by atoms with van der Waals surface area (Å²) in [6, 6.07) is 17.3. The van der Waals surface area contributed by atoms with E-state index in [0.717, 1.165) is 17.3 Å². The Morgan fingerprint density at radius 2 is 1.80 bits per heavy atom. The molecule has 106 valence electrons. The SMILES string of the molecule is CC(C)NCc1cccc(SCc2ccc(Cl)cc2)c1. The Morgan fingerprint density at radius 1 is 1.05 bits per heavy atom. The molecule has 1 N–H and O–H groups in total. The van der Waals surface area contributed by atoms with E-state index in [2.05, 4.69) is 55.6 Å². The molecule has 0 aliphatic rings. The average molecular weight is 306 g/mol. The van der Waals surface area contributed by atoms with Gasteiger partial charge in [0.25, 0.3) is 0 Å². The molecule has 0 amide bonds. The van der Waals surface area contributed by atoms with Gasteiger partial charge in [-0.25, -0.2) is 0 Å². The monoisotopic (exact) mass is 305 g/mol. The summed E-state index contributed by atoms with van der Waals surface area (Å²) in [7, 11) is 0. The minimum absolute atomic E-state index is 0.514. The van der Waals surface area contributed by atoms with Crippen LogP contribution in [0.2, 0.25) is 5.02 Å². The van der Waals surface area contributed by atoms with Crippen molar-refractivity contribution < 1.29 is 0 Å². The molecule has 2 aromatic carbocycles. The van der Waals surface area contributed by atoms with Crippen molar-refractivity contribution in [2.24, 2.45) is 0 Å². The normalized spacial score (nSPS) is 11.0. The first-order chi connectivity index (χ1) is 9.63. The Hall–Kier alpha value is -0.960. The van der Waals surface area contributed by atoms with Crippen LogP contribution in [0.15, 0.2) is 53.4 Å². The van der Waals surface area contributed by atoms with E-state index in [1.807, 2.05) is 23.9 Å². The lowest BCUT2D eigenvalue weighted by Crippen LogP contribution is -2.21. The maximum Gasteiger partial charge on any atom is 0.0406 e. The van der Waals surface area contributed by atoms with Gasteiger partial charge in [0.1, 0.15) is 0 Å². The predicted octanol–water partition coefficient (Wildman–Crippen LogP) is 5.13. The third kappa shape index (κ3) is 5.20. The third-order valence-electron chi connectivity index (χ3n) is 2.93. The highest BCUT2D eigenvalue weighted by Crippen LogP contribution is 2.24. The van der Waals surface area contributed by atoms with Crippen LogP contribution in [0.4, 0.5) is 0 Å². The molecule has 0 aliphatic heterocycles. The molecule has 0 spiro atoms. The molecule has 3 heteroatoms. The fraction of sp³-hybridized carbons (Fsp3) is 0.294. The summed E-state index contributed by atoms with van der Waals surface area (Å²) >= 11 is 7.75. The zero-order valence-electron chi connectivity index (χ0n) is 11.9. The Morgan fingerprint density at radius 3 is 2.50 bits per heavy atom. The van der Waals surface area contributed by atoms with E-state index < -0.39 is 0 Å². The van der Waals surface area contributed by atoms with Crippen LogP contribution in [0, 0.1) is 0 Å². The van der Waals surface area contributed by atoms with Gasteiger partial charge in [-0.1, -0.05) is 49.7 Å². The summed E-state index contributed by atoms with van der Waals surface area (Å²) in [6.45, 7) is 5.26. The lowest BCUT2D eigenvalue weighted by Gasteiger charge is -2.09. The van der Waals surface area contributed by atoms with Gasteiger partial charge in [-0.15, -0.1) is 11.8 Å². The van der Waals surface area contributed by atoms with Crippen LogP contribution in [0.25, 0.3) is 0 Å². The summed E-state index contributed by atoms with van der Waals surface area (Å²) in [4.78, 5) is 1.31. The van der Waals surface area contributed by atoms with E-state index in [0.29, 0.717) is 6.04 Å². The van der Waals surface area contributed by atoms with Crippen LogP contribution in [-0.2, 0) is 12.3 Å². The Balaban J connectivity index is 1.92. The van der Waals surface area contributed by atoms with Crippen molar-refractivity contribution in [2.75, 3.05) is 0 Å². The number of nitrogens with one attached hydrogen (secondary N) is 1. The van der Waals surface area contributed by atoms with Gasteiger partial charge >= 0.3 is 0 Å². The van der Waals surface area contributed by atoms with Crippen molar-refractivity contribution in [2.45, 2.75) is 37.1 Å². The van der Waals surface area contributed by atoms with Gasteiger partial charge in [0.15, 0.2) is 0 Å². The molecular weight excluding hydrogens is 286 g/mol. The lowest BCUT2D eigenvalue weighted by atomic mass is 10.2. The molecule has 2 aromatic rings. The highest BCUT2D eigenvalue weighted by molar-refractivity contribution is 7.98. The Bertz CT molecular complexity index is 537. The number of halogens is 1. The van der Waals surface area contributed by atoms with E-state index >= 15 is 0 Å². The molecule has 1 nitrogen and oxygen atoms in total. The maximum atomic E-state index is 5.90. The molecule has 0 bridgehead atoms. The Labute approximate surface area is 130 Å². The zero-order valence-corrected chi connectivity index (χ0v) is 13.5. The second-order valence-electron chi connectivity index (χ2n) is 5.10. The van der Waals surface area contributed by atoms with Crippen LogP contribution < -0.4 is 5.32 Å². The van der Waals surface area contributed by atoms with E-state index in [9.17, 15) is 0 Å². The zero-order chi connectivity index (χ0) is 14.4. The summed E-state index contributed by atoms with van der Waals surface area (Å²) in [5, 5.41) is 4.24. The third-order valence-corrected chi connectivity index (χ3v) is 4.25. The first-order valence-corrected chi connectivity index (χ1v) is 8.19. The molecular formula is C17H20ClNS. The largest absolute Gasteiger partial charge is 0.310 e. The van der Waals surface area contributed by atoms with Gasteiger partial charge in [0.2, 0.25) is 0 Å². The van der Waals surface area contributed by atoms with Crippen LogP contribution in [0.3, 0.4) is 0 Å². The number of hydrogen-bond donors (Lipinski definition) is 1. The van der Waals surface area contributed by atoms with E-state index in [-0.39, 0.29) is 0 Å². The van der Waals surface area contributed by atoms with Crippen LogP contribution >= 0.6 is 23.4 Å². The van der Waals surface area contributed by atoms with E-state index in [4.69, 9.17) is 11.6 Å². The first kappa shape index (κ1) is 15.4. The summed E-state index contributed by atoms with van der Waals surface area (Å²) < 4.78 is 0. The molecule has 0 saturated carbocycles. The van der Waals surface area contributed by atoms with Crippen molar-refractivity contribution in [1.29, 1.82) is 0 Å². The average Bonchev–Trinajstić information content (AvgIpc) is 2.45. The first-order valence-electron chi connectivity index (χ1n) is 6.83. The smallest absolute Gasteiger partial charge is 0.0406 e. The second-order valence-corrected chi connectivity index (χ2v) is 6.58. The highest BCUT2D eigenvalue weighted by atomic mass is 35.5. The van der Waals surface area contributed by atoms with Crippen LogP contribution in [0.5, 0.6) is 0 Å².